The molecule has 0 bridgehead atoms. The van der Waals surface area contributed by atoms with Crippen molar-refractivity contribution in [3.05, 3.63) is 57.3 Å². The Balaban J connectivity index is 2.24. The molecule has 1 amide bonds. The highest BCUT2D eigenvalue weighted by molar-refractivity contribution is 9.10. The number of ketones is 1. The van der Waals surface area contributed by atoms with Gasteiger partial charge in [0, 0.05) is 11.3 Å². The second-order valence-electron chi connectivity index (χ2n) is 5.24. The van der Waals surface area contributed by atoms with Gasteiger partial charge in [0.25, 0.3) is 5.91 Å². The van der Waals surface area contributed by atoms with Crippen molar-refractivity contribution in [1.29, 1.82) is 0 Å². The average Bonchev–Trinajstić information content (AvgIpc) is 2.50. The topological polar surface area (TPSA) is 55.4 Å². The number of aryl methyl sites for hydroxylation is 1. The molecule has 0 radical (unpaired) electrons. The summed E-state index contributed by atoms with van der Waals surface area (Å²) in [6.07, 6.45) is 0. The maximum atomic E-state index is 13.8. The number of benzene rings is 2. The van der Waals surface area contributed by atoms with E-state index in [2.05, 4.69) is 21.2 Å². The maximum absolute atomic E-state index is 13.8. The van der Waals surface area contributed by atoms with Crippen LogP contribution in [0.1, 0.15) is 40.1 Å². The van der Waals surface area contributed by atoms with E-state index in [1.807, 2.05) is 13.8 Å². The Morgan fingerprint density at radius 1 is 1.25 bits per heavy atom. The van der Waals surface area contributed by atoms with Crippen molar-refractivity contribution in [3.8, 4) is 5.75 Å². The summed E-state index contributed by atoms with van der Waals surface area (Å²) < 4.78 is 20.0. The SMILES string of the molecule is CCOc1c(C)cc(C(=O)Nc2ccc(C(C)=O)c(F)c2)cc1Br. The third-order valence-corrected chi connectivity index (χ3v) is 3.98. The Morgan fingerprint density at radius 2 is 1.96 bits per heavy atom. The van der Waals surface area contributed by atoms with Crippen LogP contribution in [0, 0.1) is 12.7 Å². The molecule has 0 atom stereocenters. The van der Waals surface area contributed by atoms with Gasteiger partial charge in [0.05, 0.1) is 16.6 Å². The van der Waals surface area contributed by atoms with Crippen molar-refractivity contribution in [2.45, 2.75) is 20.8 Å². The molecule has 24 heavy (non-hydrogen) atoms. The van der Waals surface area contributed by atoms with Crippen LogP contribution in [0.5, 0.6) is 5.75 Å². The van der Waals surface area contributed by atoms with Gasteiger partial charge in [-0.2, -0.15) is 0 Å². The van der Waals surface area contributed by atoms with Gasteiger partial charge in [-0.25, -0.2) is 4.39 Å². The van der Waals surface area contributed by atoms with Crippen LogP contribution < -0.4 is 10.1 Å². The van der Waals surface area contributed by atoms with Crippen LogP contribution in [0.3, 0.4) is 0 Å². The molecule has 2 aromatic rings. The van der Waals surface area contributed by atoms with Crippen LogP contribution in [0.25, 0.3) is 0 Å². The number of amides is 1. The molecule has 4 nitrogen and oxygen atoms in total. The molecule has 0 heterocycles. The molecule has 0 saturated heterocycles. The Kier molecular flexibility index (Phi) is 5.72. The van der Waals surface area contributed by atoms with Gasteiger partial charge < -0.3 is 10.1 Å². The number of halogens is 2. The van der Waals surface area contributed by atoms with Crippen LogP contribution in [-0.2, 0) is 0 Å². The molecule has 0 fully saturated rings. The van der Waals surface area contributed by atoms with Gasteiger partial charge in [0.15, 0.2) is 5.78 Å². The summed E-state index contributed by atoms with van der Waals surface area (Å²) in [4.78, 5) is 23.6. The van der Waals surface area contributed by atoms with E-state index in [1.54, 1.807) is 12.1 Å². The second kappa shape index (κ2) is 7.57. The number of hydrogen-bond donors (Lipinski definition) is 1. The first-order valence-corrected chi connectivity index (χ1v) is 8.17. The highest BCUT2D eigenvalue weighted by Crippen LogP contribution is 2.30. The summed E-state index contributed by atoms with van der Waals surface area (Å²) in [6.45, 7) is 5.53. The minimum atomic E-state index is -0.663. The zero-order valence-corrected chi connectivity index (χ0v) is 15.2. The van der Waals surface area contributed by atoms with E-state index in [-0.39, 0.29) is 22.9 Å². The smallest absolute Gasteiger partial charge is 0.255 e. The number of nitrogens with one attached hydrogen (secondary N) is 1. The van der Waals surface area contributed by atoms with E-state index in [0.29, 0.717) is 22.4 Å². The van der Waals surface area contributed by atoms with Gasteiger partial charge in [-0.15, -0.1) is 0 Å². The van der Waals surface area contributed by atoms with Crippen molar-refractivity contribution >= 4 is 33.3 Å². The van der Waals surface area contributed by atoms with Gasteiger partial charge in [-0.3, -0.25) is 9.59 Å². The number of Topliss-reactive ketones (excluding diaryl/α,β-unsaturated/α-hetero) is 1. The first kappa shape index (κ1) is 18.1. The van der Waals surface area contributed by atoms with E-state index in [9.17, 15) is 14.0 Å². The fourth-order valence-corrected chi connectivity index (χ4v) is 2.94. The minimum absolute atomic E-state index is 0.00680. The van der Waals surface area contributed by atoms with Crippen LogP contribution in [-0.4, -0.2) is 18.3 Å². The lowest BCUT2D eigenvalue weighted by Crippen LogP contribution is -2.13. The van der Waals surface area contributed by atoms with Gasteiger partial charge >= 0.3 is 0 Å². The molecule has 2 aromatic carbocycles. The van der Waals surface area contributed by atoms with E-state index in [1.165, 1.54) is 19.1 Å². The summed E-state index contributed by atoms with van der Waals surface area (Å²) in [5, 5.41) is 2.62. The Morgan fingerprint density at radius 3 is 2.50 bits per heavy atom. The molecule has 6 heteroatoms. The monoisotopic (exact) mass is 393 g/mol. The molecule has 126 valence electrons. The fraction of sp³-hybridized carbons (Fsp3) is 0.222. The van der Waals surface area contributed by atoms with Crippen LogP contribution in [0.15, 0.2) is 34.8 Å². The highest BCUT2D eigenvalue weighted by atomic mass is 79.9. The molecule has 0 aliphatic heterocycles. The fourth-order valence-electron chi connectivity index (χ4n) is 2.27. The van der Waals surface area contributed by atoms with E-state index in [4.69, 9.17) is 4.74 Å². The lowest BCUT2D eigenvalue weighted by molar-refractivity contribution is 0.101. The first-order valence-electron chi connectivity index (χ1n) is 7.38. The van der Waals surface area contributed by atoms with Gasteiger partial charge in [0.2, 0.25) is 0 Å². The van der Waals surface area contributed by atoms with Gasteiger partial charge in [-0.1, -0.05) is 0 Å². The van der Waals surface area contributed by atoms with Crippen LogP contribution in [0.2, 0.25) is 0 Å². The summed E-state index contributed by atoms with van der Waals surface area (Å²) >= 11 is 3.39. The Bertz CT molecular complexity index is 782. The van der Waals surface area contributed by atoms with Crippen LogP contribution in [0.4, 0.5) is 10.1 Å². The number of anilines is 1. The molecule has 0 spiro atoms. The lowest BCUT2D eigenvalue weighted by Gasteiger charge is -2.12. The van der Waals surface area contributed by atoms with Crippen molar-refractivity contribution in [2.75, 3.05) is 11.9 Å². The molecule has 0 aromatic heterocycles. The van der Waals surface area contributed by atoms with Crippen molar-refractivity contribution < 1.29 is 18.7 Å². The number of ether oxygens (including phenoxy) is 1. The second-order valence-corrected chi connectivity index (χ2v) is 6.10. The van der Waals surface area contributed by atoms with Crippen molar-refractivity contribution in [2.24, 2.45) is 0 Å². The number of hydrogen-bond acceptors (Lipinski definition) is 3. The minimum Gasteiger partial charge on any atom is -0.492 e. The summed E-state index contributed by atoms with van der Waals surface area (Å²) in [7, 11) is 0. The maximum Gasteiger partial charge on any atom is 0.255 e. The van der Waals surface area contributed by atoms with Crippen molar-refractivity contribution in [3.63, 3.8) is 0 Å². The lowest BCUT2D eigenvalue weighted by atomic mass is 10.1. The number of carbonyl (C=O) groups excluding carboxylic acids is 2. The first-order chi connectivity index (χ1) is 11.3. The number of carbonyl (C=O) groups is 2. The van der Waals surface area contributed by atoms with E-state index < -0.39 is 5.82 Å². The third-order valence-electron chi connectivity index (χ3n) is 3.39. The molecule has 0 aliphatic rings. The summed E-state index contributed by atoms with van der Waals surface area (Å²) in [5.74, 6) is -0.719. The summed E-state index contributed by atoms with van der Waals surface area (Å²) in [5.41, 5.74) is 1.51. The molecule has 0 aliphatic carbocycles. The Hall–Kier alpha value is -2.21. The Labute approximate surface area is 148 Å². The molecule has 0 saturated carbocycles. The molecule has 1 N–H and O–H groups in total. The quantitative estimate of drug-likeness (QED) is 0.745. The van der Waals surface area contributed by atoms with Crippen LogP contribution >= 0.6 is 15.9 Å². The summed E-state index contributed by atoms with van der Waals surface area (Å²) in [6, 6.07) is 7.32. The predicted molar refractivity (Wildman–Crippen MR) is 94.4 cm³/mol. The standard InChI is InChI=1S/C18H17BrFNO3/c1-4-24-17-10(2)7-12(8-15(17)19)18(23)21-13-5-6-14(11(3)22)16(20)9-13/h5-9H,4H2,1-3H3,(H,21,23). The predicted octanol–water partition coefficient (Wildman–Crippen LogP) is 4.75. The van der Waals surface area contributed by atoms with Crippen molar-refractivity contribution in [1.82, 2.24) is 0 Å². The normalized spacial score (nSPS) is 10.4. The highest BCUT2D eigenvalue weighted by Gasteiger charge is 2.14. The molecule has 0 unspecified atom stereocenters. The zero-order valence-electron chi connectivity index (χ0n) is 13.6. The average molecular weight is 394 g/mol. The largest absolute Gasteiger partial charge is 0.492 e. The molecular formula is C18H17BrFNO3. The molecule has 2 rings (SSSR count). The van der Waals surface area contributed by atoms with E-state index >= 15 is 0 Å². The van der Waals surface area contributed by atoms with E-state index in [0.717, 1.165) is 11.6 Å². The van der Waals surface area contributed by atoms with Gasteiger partial charge in [-0.05, 0) is 72.6 Å². The van der Waals surface area contributed by atoms with Gasteiger partial charge in [0.1, 0.15) is 11.6 Å². The molecular weight excluding hydrogens is 377 g/mol. The number of rotatable bonds is 5. The zero-order chi connectivity index (χ0) is 17.9. The third kappa shape index (κ3) is 4.00.